The van der Waals surface area contributed by atoms with Gasteiger partial charge in [0.2, 0.25) is 5.91 Å². The first kappa shape index (κ1) is 15.7. The minimum atomic E-state index is -0.139. The van der Waals surface area contributed by atoms with Gasteiger partial charge in [-0.1, -0.05) is 24.3 Å². The van der Waals surface area contributed by atoms with E-state index in [1.165, 1.54) is 11.1 Å². The van der Waals surface area contributed by atoms with E-state index in [1.54, 1.807) is 12.4 Å². The van der Waals surface area contributed by atoms with Crippen LogP contribution in [0, 0.1) is 6.92 Å². The fourth-order valence-electron chi connectivity index (χ4n) is 3.10. The average Bonchev–Trinajstić information content (AvgIpc) is 3.28. The Morgan fingerprint density at radius 3 is 2.57 bits per heavy atom. The summed E-state index contributed by atoms with van der Waals surface area (Å²) < 4.78 is 0. The van der Waals surface area contributed by atoms with Crippen LogP contribution in [0.3, 0.4) is 0 Å². The normalized spacial score (nSPS) is 15.4. The Balaban J connectivity index is 1.58. The Hall–Kier alpha value is -2.20. The number of rotatable bonds is 6. The zero-order valence-electron chi connectivity index (χ0n) is 13.7. The molecule has 4 heteroatoms. The first-order valence-electron chi connectivity index (χ1n) is 8.04. The molecule has 2 aromatic rings. The lowest BCUT2D eigenvalue weighted by atomic mass is 9.99. The minimum Gasteiger partial charge on any atom is -0.345 e. The maximum absolute atomic E-state index is 12.4. The highest BCUT2D eigenvalue weighted by atomic mass is 16.2. The standard InChI is InChI=1S/C19H23N3O/c1-15-5-3-4-6-17(15)19(9-10-19)21-18(23)14-22(2)13-16-7-11-20-12-8-16/h3-8,11-12H,9-10,13-14H2,1-2H3,(H,21,23). The number of amides is 1. The van der Waals surface area contributed by atoms with E-state index in [0.29, 0.717) is 6.54 Å². The van der Waals surface area contributed by atoms with Crippen molar-refractivity contribution < 1.29 is 4.79 Å². The number of pyridine rings is 1. The smallest absolute Gasteiger partial charge is 0.234 e. The van der Waals surface area contributed by atoms with Gasteiger partial charge in [-0.25, -0.2) is 0 Å². The van der Waals surface area contributed by atoms with Crippen LogP contribution in [0.2, 0.25) is 0 Å². The molecule has 0 bridgehead atoms. The van der Waals surface area contributed by atoms with Crippen molar-refractivity contribution in [1.29, 1.82) is 0 Å². The second-order valence-corrected chi connectivity index (χ2v) is 6.47. The fourth-order valence-corrected chi connectivity index (χ4v) is 3.10. The second kappa shape index (κ2) is 6.50. The third-order valence-electron chi connectivity index (χ3n) is 4.40. The number of hydrogen-bond donors (Lipinski definition) is 1. The molecule has 1 aromatic carbocycles. The highest BCUT2D eigenvalue weighted by molar-refractivity contribution is 5.79. The van der Waals surface area contributed by atoms with Gasteiger partial charge in [-0.2, -0.15) is 0 Å². The monoisotopic (exact) mass is 309 g/mol. The van der Waals surface area contributed by atoms with E-state index in [4.69, 9.17) is 0 Å². The number of benzene rings is 1. The zero-order chi connectivity index (χ0) is 16.3. The molecule has 3 rings (SSSR count). The number of carbonyl (C=O) groups is 1. The lowest BCUT2D eigenvalue weighted by molar-refractivity contribution is -0.123. The van der Waals surface area contributed by atoms with Crippen LogP contribution in [0.25, 0.3) is 0 Å². The summed E-state index contributed by atoms with van der Waals surface area (Å²) in [7, 11) is 1.97. The van der Waals surface area contributed by atoms with Crippen LogP contribution in [-0.4, -0.2) is 29.4 Å². The van der Waals surface area contributed by atoms with Gasteiger partial charge in [-0.15, -0.1) is 0 Å². The van der Waals surface area contributed by atoms with E-state index in [9.17, 15) is 4.79 Å². The molecule has 120 valence electrons. The molecule has 0 aliphatic heterocycles. The summed E-state index contributed by atoms with van der Waals surface area (Å²) in [6.45, 7) is 3.25. The van der Waals surface area contributed by atoms with Gasteiger partial charge in [0.15, 0.2) is 0 Å². The molecular formula is C19H23N3O. The van der Waals surface area contributed by atoms with Crippen LogP contribution in [0.4, 0.5) is 0 Å². The second-order valence-electron chi connectivity index (χ2n) is 6.47. The Morgan fingerprint density at radius 1 is 1.22 bits per heavy atom. The van der Waals surface area contributed by atoms with Crippen molar-refractivity contribution in [3.05, 3.63) is 65.5 Å². The van der Waals surface area contributed by atoms with Crippen molar-refractivity contribution in [2.75, 3.05) is 13.6 Å². The maximum Gasteiger partial charge on any atom is 0.234 e. The summed E-state index contributed by atoms with van der Waals surface area (Å²) >= 11 is 0. The van der Waals surface area contributed by atoms with E-state index in [0.717, 1.165) is 24.9 Å². The number of nitrogens with zero attached hydrogens (tertiary/aromatic N) is 2. The average molecular weight is 309 g/mol. The highest BCUT2D eigenvalue weighted by Gasteiger charge is 2.46. The quantitative estimate of drug-likeness (QED) is 0.892. The first-order chi connectivity index (χ1) is 11.1. The summed E-state index contributed by atoms with van der Waals surface area (Å²) in [6.07, 6.45) is 5.61. The topological polar surface area (TPSA) is 45.2 Å². The largest absolute Gasteiger partial charge is 0.345 e. The zero-order valence-corrected chi connectivity index (χ0v) is 13.7. The van der Waals surface area contributed by atoms with E-state index < -0.39 is 0 Å². The Morgan fingerprint density at radius 2 is 1.91 bits per heavy atom. The SMILES string of the molecule is Cc1ccccc1C1(NC(=O)CN(C)Cc2ccncc2)CC1. The van der Waals surface area contributed by atoms with Gasteiger partial charge in [0.25, 0.3) is 0 Å². The van der Waals surface area contributed by atoms with E-state index in [-0.39, 0.29) is 11.4 Å². The van der Waals surface area contributed by atoms with Crippen molar-refractivity contribution in [3.8, 4) is 0 Å². The predicted molar refractivity (Wildman–Crippen MR) is 90.8 cm³/mol. The molecule has 1 aliphatic carbocycles. The van der Waals surface area contributed by atoms with Gasteiger partial charge in [0, 0.05) is 18.9 Å². The number of hydrogen-bond acceptors (Lipinski definition) is 3. The van der Waals surface area contributed by atoms with Crippen LogP contribution in [0.5, 0.6) is 0 Å². The number of aryl methyl sites for hydroxylation is 1. The van der Waals surface area contributed by atoms with E-state index in [1.807, 2.05) is 36.2 Å². The fraction of sp³-hybridized carbons (Fsp3) is 0.368. The Kier molecular flexibility index (Phi) is 4.44. The van der Waals surface area contributed by atoms with Crippen molar-refractivity contribution in [3.63, 3.8) is 0 Å². The summed E-state index contributed by atoms with van der Waals surface area (Å²) in [5, 5.41) is 3.25. The van der Waals surface area contributed by atoms with Crippen molar-refractivity contribution in [2.24, 2.45) is 0 Å². The summed E-state index contributed by atoms with van der Waals surface area (Å²) in [6, 6.07) is 12.3. The molecule has 0 radical (unpaired) electrons. The summed E-state index contributed by atoms with van der Waals surface area (Å²) in [5.41, 5.74) is 3.52. The molecule has 1 aliphatic rings. The van der Waals surface area contributed by atoms with Crippen molar-refractivity contribution in [2.45, 2.75) is 31.8 Å². The third-order valence-corrected chi connectivity index (χ3v) is 4.40. The highest BCUT2D eigenvalue weighted by Crippen LogP contribution is 2.46. The molecular weight excluding hydrogens is 286 g/mol. The molecule has 1 aromatic heterocycles. The van der Waals surface area contributed by atoms with Gasteiger partial charge in [-0.05, 0) is 55.6 Å². The van der Waals surface area contributed by atoms with Gasteiger partial charge in [0.1, 0.15) is 0 Å². The van der Waals surface area contributed by atoms with E-state index in [2.05, 4.69) is 29.4 Å². The molecule has 23 heavy (non-hydrogen) atoms. The molecule has 1 heterocycles. The molecule has 0 saturated heterocycles. The molecule has 1 amide bonds. The Bertz CT molecular complexity index is 680. The lowest BCUT2D eigenvalue weighted by Crippen LogP contribution is -2.41. The van der Waals surface area contributed by atoms with Crippen molar-refractivity contribution >= 4 is 5.91 Å². The number of aromatic nitrogens is 1. The molecule has 0 spiro atoms. The number of likely N-dealkylation sites (N-methyl/N-ethyl adjacent to an activating group) is 1. The van der Waals surface area contributed by atoms with Crippen LogP contribution in [0.15, 0.2) is 48.8 Å². The van der Waals surface area contributed by atoms with Crippen LogP contribution >= 0.6 is 0 Å². The first-order valence-corrected chi connectivity index (χ1v) is 8.04. The van der Waals surface area contributed by atoms with Crippen LogP contribution in [0.1, 0.15) is 29.5 Å². The molecule has 1 saturated carbocycles. The van der Waals surface area contributed by atoms with Gasteiger partial charge in [-0.3, -0.25) is 14.7 Å². The lowest BCUT2D eigenvalue weighted by Gasteiger charge is -2.22. The molecule has 1 N–H and O–H groups in total. The maximum atomic E-state index is 12.4. The van der Waals surface area contributed by atoms with Gasteiger partial charge >= 0.3 is 0 Å². The molecule has 0 atom stereocenters. The van der Waals surface area contributed by atoms with Crippen molar-refractivity contribution in [1.82, 2.24) is 15.2 Å². The summed E-state index contributed by atoms with van der Waals surface area (Å²) in [5.74, 6) is 0.0855. The Labute approximate surface area is 137 Å². The third kappa shape index (κ3) is 3.77. The summed E-state index contributed by atoms with van der Waals surface area (Å²) in [4.78, 5) is 18.5. The number of carbonyl (C=O) groups excluding carboxylic acids is 1. The minimum absolute atomic E-state index is 0.0855. The molecule has 0 unspecified atom stereocenters. The van der Waals surface area contributed by atoms with Gasteiger partial charge in [0.05, 0.1) is 12.1 Å². The van der Waals surface area contributed by atoms with Crippen LogP contribution in [-0.2, 0) is 16.9 Å². The van der Waals surface area contributed by atoms with Crippen LogP contribution < -0.4 is 5.32 Å². The van der Waals surface area contributed by atoms with Gasteiger partial charge < -0.3 is 5.32 Å². The molecule has 4 nitrogen and oxygen atoms in total. The number of nitrogens with one attached hydrogen (secondary N) is 1. The predicted octanol–water partition coefficient (Wildman–Crippen LogP) is 2.63. The molecule has 1 fully saturated rings. The van der Waals surface area contributed by atoms with E-state index >= 15 is 0 Å².